The molecule has 3 aromatic rings. The minimum atomic E-state index is -0.334. The van der Waals surface area contributed by atoms with Gasteiger partial charge in [-0.15, -0.1) is 0 Å². The van der Waals surface area contributed by atoms with Crippen LogP contribution in [0.5, 0.6) is 17.2 Å². The van der Waals surface area contributed by atoms with Crippen molar-refractivity contribution in [2.45, 2.75) is 0 Å². The first kappa shape index (κ1) is 17.8. The van der Waals surface area contributed by atoms with Crippen LogP contribution in [0.15, 0.2) is 48.7 Å². The van der Waals surface area contributed by atoms with Crippen LogP contribution < -0.4 is 19.5 Å². The lowest BCUT2D eigenvalue weighted by Crippen LogP contribution is -2.20. The quantitative estimate of drug-likeness (QED) is 0.710. The minimum Gasteiger partial charge on any atom is -0.495 e. The SMILES string of the molecule is COc1cc(NC(=O)COc2ccc3ncccc3c2)c(OC)cc1Cl. The van der Waals surface area contributed by atoms with E-state index in [-0.39, 0.29) is 12.5 Å². The first-order chi connectivity index (χ1) is 12.6. The van der Waals surface area contributed by atoms with Crippen molar-refractivity contribution < 1.29 is 19.0 Å². The Morgan fingerprint density at radius 2 is 1.92 bits per heavy atom. The van der Waals surface area contributed by atoms with E-state index in [0.29, 0.717) is 28.0 Å². The van der Waals surface area contributed by atoms with Gasteiger partial charge in [0, 0.05) is 23.7 Å². The van der Waals surface area contributed by atoms with Crippen LogP contribution in [-0.4, -0.2) is 31.7 Å². The van der Waals surface area contributed by atoms with Gasteiger partial charge in [-0.3, -0.25) is 9.78 Å². The van der Waals surface area contributed by atoms with Gasteiger partial charge in [-0.25, -0.2) is 0 Å². The maximum Gasteiger partial charge on any atom is 0.262 e. The molecule has 134 valence electrons. The highest BCUT2D eigenvalue weighted by atomic mass is 35.5. The number of ether oxygens (including phenoxy) is 3. The number of rotatable bonds is 6. The summed E-state index contributed by atoms with van der Waals surface area (Å²) in [5.41, 5.74) is 1.31. The van der Waals surface area contributed by atoms with E-state index in [2.05, 4.69) is 10.3 Å². The van der Waals surface area contributed by atoms with Crippen molar-refractivity contribution in [2.75, 3.05) is 26.1 Å². The zero-order valence-electron chi connectivity index (χ0n) is 14.3. The van der Waals surface area contributed by atoms with Crippen molar-refractivity contribution in [3.8, 4) is 17.2 Å². The van der Waals surface area contributed by atoms with Gasteiger partial charge in [0.05, 0.1) is 30.4 Å². The van der Waals surface area contributed by atoms with Gasteiger partial charge in [0.1, 0.15) is 17.2 Å². The zero-order chi connectivity index (χ0) is 18.5. The molecule has 0 fully saturated rings. The molecule has 1 heterocycles. The van der Waals surface area contributed by atoms with Crippen LogP contribution >= 0.6 is 11.6 Å². The lowest BCUT2D eigenvalue weighted by molar-refractivity contribution is -0.118. The minimum absolute atomic E-state index is 0.153. The van der Waals surface area contributed by atoms with Crippen molar-refractivity contribution >= 4 is 34.1 Å². The normalized spacial score (nSPS) is 10.4. The Kier molecular flexibility index (Phi) is 5.43. The van der Waals surface area contributed by atoms with Crippen molar-refractivity contribution in [3.63, 3.8) is 0 Å². The van der Waals surface area contributed by atoms with Gasteiger partial charge < -0.3 is 19.5 Å². The summed E-state index contributed by atoms with van der Waals surface area (Å²) < 4.78 is 16.0. The largest absolute Gasteiger partial charge is 0.495 e. The molecule has 0 saturated carbocycles. The summed E-state index contributed by atoms with van der Waals surface area (Å²) in [6, 6.07) is 12.4. The number of pyridine rings is 1. The monoisotopic (exact) mass is 372 g/mol. The van der Waals surface area contributed by atoms with Crippen LogP contribution in [0.1, 0.15) is 0 Å². The zero-order valence-corrected chi connectivity index (χ0v) is 15.0. The second-order valence-electron chi connectivity index (χ2n) is 5.38. The fourth-order valence-corrected chi connectivity index (χ4v) is 2.67. The van der Waals surface area contributed by atoms with Gasteiger partial charge >= 0.3 is 0 Å². The third-order valence-electron chi connectivity index (χ3n) is 3.69. The summed E-state index contributed by atoms with van der Waals surface area (Å²) in [7, 11) is 2.99. The Hall–Kier alpha value is -2.99. The summed E-state index contributed by atoms with van der Waals surface area (Å²) in [4.78, 5) is 16.5. The number of methoxy groups -OCH3 is 2. The number of anilines is 1. The molecule has 2 aromatic carbocycles. The number of carbonyl (C=O) groups excluding carboxylic acids is 1. The van der Waals surface area contributed by atoms with E-state index in [9.17, 15) is 4.79 Å². The number of amides is 1. The Balaban J connectivity index is 1.68. The third-order valence-corrected chi connectivity index (χ3v) is 3.99. The average Bonchev–Trinajstić information content (AvgIpc) is 2.67. The molecule has 0 atom stereocenters. The highest BCUT2D eigenvalue weighted by Crippen LogP contribution is 2.35. The predicted octanol–water partition coefficient (Wildman–Crippen LogP) is 3.92. The Bertz CT molecular complexity index is 946. The second-order valence-corrected chi connectivity index (χ2v) is 5.79. The number of halogens is 1. The van der Waals surface area contributed by atoms with Crippen LogP contribution in [0, 0.1) is 0 Å². The smallest absolute Gasteiger partial charge is 0.262 e. The standard InChI is InChI=1S/C19H17ClN2O4/c1-24-17-10-16(18(25-2)9-14(17)20)22-19(23)11-26-13-5-6-15-12(8-13)4-3-7-21-15/h3-10H,11H2,1-2H3,(H,22,23). The molecule has 1 amide bonds. The lowest BCUT2D eigenvalue weighted by atomic mass is 10.2. The number of nitrogens with one attached hydrogen (secondary N) is 1. The number of nitrogens with zero attached hydrogens (tertiary/aromatic N) is 1. The van der Waals surface area contributed by atoms with Crippen molar-refractivity contribution in [1.82, 2.24) is 4.98 Å². The number of benzene rings is 2. The highest BCUT2D eigenvalue weighted by molar-refractivity contribution is 6.32. The predicted molar refractivity (Wildman–Crippen MR) is 100 cm³/mol. The maximum absolute atomic E-state index is 12.2. The maximum atomic E-state index is 12.2. The molecule has 26 heavy (non-hydrogen) atoms. The molecule has 0 spiro atoms. The Labute approximate surface area is 155 Å². The van der Waals surface area contributed by atoms with Gasteiger partial charge in [0.2, 0.25) is 0 Å². The molecule has 0 radical (unpaired) electrons. The molecule has 0 aliphatic heterocycles. The van der Waals surface area contributed by atoms with Gasteiger partial charge in [-0.1, -0.05) is 17.7 Å². The van der Waals surface area contributed by atoms with Crippen LogP contribution in [0.25, 0.3) is 10.9 Å². The molecule has 1 N–H and O–H groups in total. The molecule has 0 aliphatic rings. The molecule has 0 saturated heterocycles. The van der Waals surface area contributed by atoms with E-state index < -0.39 is 0 Å². The van der Waals surface area contributed by atoms with Crippen molar-refractivity contribution in [2.24, 2.45) is 0 Å². The van der Waals surface area contributed by atoms with Crippen molar-refractivity contribution in [3.05, 3.63) is 53.7 Å². The number of aromatic nitrogens is 1. The lowest BCUT2D eigenvalue weighted by Gasteiger charge is -2.13. The van der Waals surface area contributed by atoms with Crippen LogP contribution in [0.3, 0.4) is 0 Å². The summed E-state index contributed by atoms with van der Waals surface area (Å²) in [5, 5.41) is 4.06. The van der Waals surface area contributed by atoms with E-state index in [1.165, 1.54) is 14.2 Å². The highest BCUT2D eigenvalue weighted by Gasteiger charge is 2.13. The molecular formula is C19H17ClN2O4. The van der Waals surface area contributed by atoms with E-state index >= 15 is 0 Å². The van der Waals surface area contributed by atoms with E-state index in [1.807, 2.05) is 24.3 Å². The second kappa shape index (κ2) is 7.93. The summed E-state index contributed by atoms with van der Waals surface area (Å²) >= 11 is 6.06. The molecule has 3 rings (SSSR count). The average molecular weight is 373 g/mol. The summed E-state index contributed by atoms with van der Waals surface area (Å²) in [6.45, 7) is -0.153. The number of hydrogen-bond acceptors (Lipinski definition) is 5. The molecule has 1 aromatic heterocycles. The van der Waals surface area contributed by atoms with Crippen LogP contribution in [-0.2, 0) is 4.79 Å². The third kappa shape index (κ3) is 3.97. The van der Waals surface area contributed by atoms with Gasteiger partial charge in [0.25, 0.3) is 5.91 Å². The van der Waals surface area contributed by atoms with Crippen LogP contribution in [0.2, 0.25) is 5.02 Å². The topological polar surface area (TPSA) is 69.7 Å². The Morgan fingerprint density at radius 3 is 2.69 bits per heavy atom. The summed E-state index contributed by atoms with van der Waals surface area (Å²) in [6.07, 6.45) is 1.73. The number of carbonyl (C=O) groups is 1. The van der Waals surface area contributed by atoms with E-state index in [1.54, 1.807) is 24.4 Å². The molecular weight excluding hydrogens is 356 g/mol. The van der Waals surface area contributed by atoms with Crippen LogP contribution in [0.4, 0.5) is 5.69 Å². The van der Waals surface area contributed by atoms with Gasteiger partial charge in [-0.05, 0) is 24.3 Å². The molecule has 6 nitrogen and oxygen atoms in total. The first-order valence-corrected chi connectivity index (χ1v) is 8.17. The number of fused-ring (bicyclic) bond motifs is 1. The van der Waals surface area contributed by atoms with Gasteiger partial charge in [0.15, 0.2) is 6.61 Å². The Morgan fingerprint density at radius 1 is 1.12 bits per heavy atom. The molecule has 0 aliphatic carbocycles. The first-order valence-electron chi connectivity index (χ1n) is 7.79. The molecule has 0 unspecified atom stereocenters. The number of hydrogen-bond donors (Lipinski definition) is 1. The van der Waals surface area contributed by atoms with E-state index in [4.69, 9.17) is 25.8 Å². The fourth-order valence-electron chi connectivity index (χ4n) is 2.44. The van der Waals surface area contributed by atoms with E-state index in [0.717, 1.165) is 10.9 Å². The summed E-state index contributed by atoms with van der Waals surface area (Å²) in [5.74, 6) is 1.12. The molecule has 7 heteroatoms. The fraction of sp³-hybridized carbons (Fsp3) is 0.158. The van der Waals surface area contributed by atoms with Gasteiger partial charge in [-0.2, -0.15) is 0 Å². The van der Waals surface area contributed by atoms with Crippen molar-refractivity contribution in [1.29, 1.82) is 0 Å². The molecule has 0 bridgehead atoms.